The van der Waals surface area contributed by atoms with E-state index in [1.807, 2.05) is 19.9 Å². The number of benzene rings is 1. The third-order valence-corrected chi connectivity index (χ3v) is 2.69. The van der Waals surface area contributed by atoms with Crippen LogP contribution < -0.4 is 15.4 Å². The Labute approximate surface area is 149 Å². The third-order valence-electron chi connectivity index (χ3n) is 2.69. The molecule has 0 saturated carbocycles. The van der Waals surface area contributed by atoms with Crippen molar-refractivity contribution >= 4 is 29.9 Å². The quantitative estimate of drug-likeness (QED) is 0.259. The van der Waals surface area contributed by atoms with Crippen molar-refractivity contribution in [3.05, 3.63) is 23.8 Å². The Hall–Kier alpha value is -1.22. The zero-order chi connectivity index (χ0) is 15.5. The Morgan fingerprint density at radius 1 is 1.27 bits per heavy atom. The second kappa shape index (κ2) is 12.3. The second-order valence-electron chi connectivity index (χ2n) is 4.35. The van der Waals surface area contributed by atoms with Gasteiger partial charge in [-0.2, -0.15) is 0 Å². The van der Waals surface area contributed by atoms with E-state index in [9.17, 15) is 5.11 Å². The average molecular weight is 423 g/mol. The predicted molar refractivity (Wildman–Crippen MR) is 99.4 cm³/mol. The number of methoxy groups -OCH3 is 1. The minimum atomic E-state index is 0. The maximum Gasteiger partial charge on any atom is 0.191 e. The van der Waals surface area contributed by atoms with Crippen LogP contribution in [-0.2, 0) is 11.3 Å². The molecule has 3 N–H and O–H groups in total. The van der Waals surface area contributed by atoms with Crippen LogP contribution >= 0.6 is 24.0 Å². The zero-order valence-corrected chi connectivity index (χ0v) is 15.7. The van der Waals surface area contributed by atoms with Gasteiger partial charge in [0.1, 0.15) is 0 Å². The van der Waals surface area contributed by atoms with Crippen LogP contribution in [0.25, 0.3) is 0 Å². The van der Waals surface area contributed by atoms with Crippen molar-refractivity contribution in [1.29, 1.82) is 0 Å². The van der Waals surface area contributed by atoms with E-state index < -0.39 is 0 Å². The van der Waals surface area contributed by atoms with Gasteiger partial charge in [0.2, 0.25) is 0 Å². The molecule has 0 amide bonds. The highest BCUT2D eigenvalue weighted by Gasteiger charge is 2.03. The highest BCUT2D eigenvalue weighted by atomic mass is 127. The van der Waals surface area contributed by atoms with Gasteiger partial charge in [0.25, 0.3) is 0 Å². The number of guanidine groups is 1. The first kappa shape index (κ1) is 20.8. The highest BCUT2D eigenvalue weighted by Crippen LogP contribution is 2.26. The van der Waals surface area contributed by atoms with Gasteiger partial charge in [-0.3, -0.25) is 0 Å². The van der Waals surface area contributed by atoms with E-state index in [4.69, 9.17) is 9.47 Å². The van der Waals surface area contributed by atoms with Gasteiger partial charge in [-0.15, -0.1) is 24.0 Å². The van der Waals surface area contributed by atoms with Gasteiger partial charge in [0.15, 0.2) is 17.5 Å². The number of hydrogen-bond acceptors (Lipinski definition) is 4. The van der Waals surface area contributed by atoms with Gasteiger partial charge in [-0.05, 0) is 31.5 Å². The fourth-order valence-electron chi connectivity index (χ4n) is 1.71. The Kier molecular flexibility index (Phi) is 11.7. The van der Waals surface area contributed by atoms with E-state index in [0.717, 1.165) is 18.1 Å². The zero-order valence-electron chi connectivity index (χ0n) is 13.4. The molecule has 0 aliphatic rings. The summed E-state index contributed by atoms with van der Waals surface area (Å²) in [6.45, 7) is 7.03. The number of phenolic OH excluding ortho intramolecular Hbond substituents is 1. The van der Waals surface area contributed by atoms with Crippen molar-refractivity contribution in [3.8, 4) is 11.5 Å². The van der Waals surface area contributed by atoms with Gasteiger partial charge >= 0.3 is 0 Å². The molecule has 0 heterocycles. The summed E-state index contributed by atoms with van der Waals surface area (Å²) in [5.74, 6) is 1.37. The number of aromatic hydroxyl groups is 1. The van der Waals surface area contributed by atoms with Crippen LogP contribution in [0.2, 0.25) is 0 Å². The molecule has 0 aliphatic carbocycles. The molecule has 22 heavy (non-hydrogen) atoms. The van der Waals surface area contributed by atoms with E-state index in [1.54, 1.807) is 19.2 Å². The summed E-state index contributed by atoms with van der Waals surface area (Å²) in [6, 6.07) is 5.27. The van der Waals surface area contributed by atoms with E-state index in [0.29, 0.717) is 32.1 Å². The molecule has 0 saturated heterocycles. The first-order valence-corrected chi connectivity index (χ1v) is 7.17. The van der Waals surface area contributed by atoms with Crippen molar-refractivity contribution in [3.63, 3.8) is 0 Å². The topological polar surface area (TPSA) is 75.1 Å². The minimum absolute atomic E-state index is 0. The molecular formula is C15H26IN3O3. The summed E-state index contributed by atoms with van der Waals surface area (Å²) in [5, 5.41) is 16.0. The van der Waals surface area contributed by atoms with Gasteiger partial charge in [0, 0.05) is 20.2 Å². The molecule has 0 atom stereocenters. The van der Waals surface area contributed by atoms with E-state index >= 15 is 0 Å². The van der Waals surface area contributed by atoms with Gasteiger partial charge in [0.05, 0.1) is 19.8 Å². The molecular weight excluding hydrogens is 397 g/mol. The molecule has 0 unspecified atom stereocenters. The summed E-state index contributed by atoms with van der Waals surface area (Å²) >= 11 is 0. The molecule has 1 aromatic rings. The number of ether oxygens (including phenoxy) is 2. The molecule has 0 spiro atoms. The smallest absolute Gasteiger partial charge is 0.191 e. The number of halogens is 1. The number of phenols is 1. The first-order chi connectivity index (χ1) is 10.2. The lowest BCUT2D eigenvalue weighted by molar-refractivity contribution is 0.203. The Morgan fingerprint density at radius 3 is 2.68 bits per heavy atom. The Morgan fingerprint density at radius 2 is 2.05 bits per heavy atom. The number of rotatable bonds is 8. The number of nitrogens with zero attached hydrogens (tertiary/aromatic N) is 1. The van der Waals surface area contributed by atoms with Crippen LogP contribution in [0.5, 0.6) is 11.5 Å². The maximum absolute atomic E-state index is 9.67. The second-order valence-corrected chi connectivity index (χ2v) is 4.35. The van der Waals surface area contributed by atoms with Crippen molar-refractivity contribution in [1.82, 2.24) is 10.6 Å². The molecule has 1 aromatic carbocycles. The summed E-state index contributed by atoms with van der Waals surface area (Å²) in [4.78, 5) is 4.49. The first-order valence-electron chi connectivity index (χ1n) is 7.17. The fraction of sp³-hybridized carbons (Fsp3) is 0.533. The van der Waals surface area contributed by atoms with Crippen LogP contribution in [0.4, 0.5) is 0 Å². The van der Waals surface area contributed by atoms with Gasteiger partial charge in [-0.25, -0.2) is 4.99 Å². The molecule has 1 rings (SSSR count). The Bertz CT molecular complexity index is 456. The molecule has 6 nitrogen and oxygen atoms in total. The molecule has 0 fully saturated rings. The largest absolute Gasteiger partial charge is 0.504 e. The van der Waals surface area contributed by atoms with Crippen LogP contribution in [0.15, 0.2) is 23.2 Å². The lowest BCUT2D eigenvalue weighted by atomic mass is 10.2. The standard InChI is InChI=1S/C15H25N3O3.HI/c1-4-16-15(17-8-9-20-3)18-11-12-6-7-13(19)14(10-12)21-5-2;/h6-7,10,19H,4-5,8-9,11H2,1-3H3,(H2,16,17,18);1H. The summed E-state index contributed by atoms with van der Waals surface area (Å²) in [7, 11) is 1.66. The van der Waals surface area contributed by atoms with Crippen molar-refractivity contribution < 1.29 is 14.6 Å². The monoisotopic (exact) mass is 423 g/mol. The van der Waals surface area contributed by atoms with Crippen LogP contribution in [0.1, 0.15) is 19.4 Å². The van der Waals surface area contributed by atoms with Crippen LogP contribution in [0.3, 0.4) is 0 Å². The number of aliphatic imine (C=N–C) groups is 1. The van der Waals surface area contributed by atoms with Gasteiger partial charge in [-0.1, -0.05) is 6.07 Å². The van der Waals surface area contributed by atoms with Crippen LogP contribution in [0, 0.1) is 0 Å². The average Bonchev–Trinajstić information content (AvgIpc) is 2.48. The van der Waals surface area contributed by atoms with Crippen molar-refractivity contribution in [2.24, 2.45) is 4.99 Å². The fourth-order valence-corrected chi connectivity index (χ4v) is 1.71. The third kappa shape index (κ3) is 7.69. The summed E-state index contributed by atoms with van der Waals surface area (Å²) in [5.41, 5.74) is 0.972. The highest BCUT2D eigenvalue weighted by molar-refractivity contribution is 14.0. The molecule has 0 bridgehead atoms. The van der Waals surface area contributed by atoms with E-state index in [2.05, 4.69) is 15.6 Å². The minimum Gasteiger partial charge on any atom is -0.504 e. The Balaban J connectivity index is 0.00000441. The van der Waals surface area contributed by atoms with Crippen molar-refractivity contribution in [2.75, 3.05) is 33.4 Å². The van der Waals surface area contributed by atoms with Crippen LogP contribution in [-0.4, -0.2) is 44.5 Å². The molecule has 7 heteroatoms. The number of nitrogens with one attached hydrogen (secondary N) is 2. The molecule has 0 aromatic heterocycles. The normalized spacial score (nSPS) is 10.8. The number of hydrogen-bond donors (Lipinski definition) is 3. The van der Waals surface area contributed by atoms with E-state index in [1.165, 1.54) is 0 Å². The lowest BCUT2D eigenvalue weighted by Gasteiger charge is -2.11. The maximum atomic E-state index is 9.67. The van der Waals surface area contributed by atoms with Gasteiger partial charge < -0.3 is 25.2 Å². The lowest BCUT2D eigenvalue weighted by Crippen LogP contribution is -2.38. The predicted octanol–water partition coefficient (Wildman–Crippen LogP) is 2.11. The van der Waals surface area contributed by atoms with Crippen molar-refractivity contribution in [2.45, 2.75) is 20.4 Å². The molecule has 0 radical (unpaired) electrons. The summed E-state index contributed by atoms with van der Waals surface area (Å²) in [6.07, 6.45) is 0. The van der Waals surface area contributed by atoms with E-state index in [-0.39, 0.29) is 29.7 Å². The molecule has 0 aliphatic heterocycles. The SMILES string of the molecule is CCNC(=NCc1ccc(O)c(OCC)c1)NCCOC.I. The summed E-state index contributed by atoms with van der Waals surface area (Å²) < 4.78 is 10.4. The molecule has 126 valence electrons.